The number of halogens is 1. The molecule has 2 aromatic rings. The molecule has 0 spiro atoms. The van der Waals surface area contributed by atoms with Crippen molar-refractivity contribution in [2.24, 2.45) is 0 Å². The normalized spacial score (nSPS) is 15.9. The zero-order valence-corrected chi connectivity index (χ0v) is 14.2. The Bertz CT molecular complexity index is 833. The van der Waals surface area contributed by atoms with Gasteiger partial charge in [0.1, 0.15) is 11.8 Å². The van der Waals surface area contributed by atoms with E-state index in [9.17, 15) is 8.96 Å². The highest BCUT2D eigenvalue weighted by Crippen LogP contribution is 2.40. The molecule has 0 fully saturated rings. The Hall–Kier alpha value is -1.93. The summed E-state index contributed by atoms with van der Waals surface area (Å²) in [5.74, 6) is -2.61. The molecule has 8 nitrogen and oxygen atoms in total. The van der Waals surface area contributed by atoms with Gasteiger partial charge in [-0.05, 0) is 19.9 Å². The standard InChI is InChI=1S/C14H18FN4O4P/c1-5-14(15,23-8-24(20,21)22)9(2)11(4)19-7-18-12-10(3)16-6-17-13(12)19/h5-7,11H,1-2,8H2,3-4H3,(H2,20,21,22)/t11-,14-/m1/s1. The minimum absolute atomic E-state index is 0.0958. The van der Waals surface area contributed by atoms with Crippen molar-refractivity contribution in [1.82, 2.24) is 19.5 Å². The van der Waals surface area contributed by atoms with Crippen molar-refractivity contribution in [2.75, 3.05) is 6.35 Å². The van der Waals surface area contributed by atoms with Crippen LogP contribution in [0.4, 0.5) is 4.39 Å². The summed E-state index contributed by atoms with van der Waals surface area (Å²) >= 11 is 0. The minimum Gasteiger partial charge on any atom is -0.326 e. The van der Waals surface area contributed by atoms with Gasteiger partial charge in [-0.2, -0.15) is 0 Å². The van der Waals surface area contributed by atoms with Crippen LogP contribution in [0.2, 0.25) is 0 Å². The third kappa shape index (κ3) is 3.59. The lowest BCUT2D eigenvalue weighted by atomic mass is 10.0. The molecule has 2 aromatic heterocycles. The Morgan fingerprint density at radius 3 is 2.79 bits per heavy atom. The van der Waals surface area contributed by atoms with Gasteiger partial charge >= 0.3 is 7.60 Å². The van der Waals surface area contributed by atoms with Crippen LogP contribution in [0.15, 0.2) is 37.5 Å². The maximum atomic E-state index is 14.9. The van der Waals surface area contributed by atoms with Crippen molar-refractivity contribution < 1.29 is 23.5 Å². The molecule has 2 atom stereocenters. The lowest BCUT2D eigenvalue weighted by Crippen LogP contribution is -2.31. The first-order valence-corrected chi connectivity index (χ1v) is 8.73. The van der Waals surface area contributed by atoms with E-state index in [1.54, 1.807) is 18.4 Å². The highest BCUT2D eigenvalue weighted by Gasteiger charge is 2.37. The summed E-state index contributed by atoms with van der Waals surface area (Å²) in [6.07, 6.45) is 2.55. The van der Waals surface area contributed by atoms with Crippen molar-refractivity contribution in [3.63, 3.8) is 0 Å². The number of fused-ring (bicyclic) bond motifs is 1. The largest absolute Gasteiger partial charge is 0.351 e. The maximum Gasteiger partial charge on any atom is 0.351 e. The lowest BCUT2D eigenvalue weighted by molar-refractivity contribution is -0.0666. The van der Waals surface area contributed by atoms with E-state index in [0.29, 0.717) is 16.9 Å². The van der Waals surface area contributed by atoms with E-state index in [4.69, 9.17) is 14.5 Å². The molecule has 24 heavy (non-hydrogen) atoms. The van der Waals surface area contributed by atoms with E-state index in [2.05, 4.69) is 28.1 Å². The fourth-order valence-electron chi connectivity index (χ4n) is 2.17. The van der Waals surface area contributed by atoms with Gasteiger partial charge in [-0.3, -0.25) is 4.57 Å². The van der Waals surface area contributed by atoms with E-state index in [1.807, 2.05) is 0 Å². The average molecular weight is 356 g/mol. The number of hydrogen-bond acceptors (Lipinski definition) is 5. The maximum absolute atomic E-state index is 14.9. The molecule has 0 aliphatic carbocycles. The van der Waals surface area contributed by atoms with Gasteiger partial charge in [-0.1, -0.05) is 13.2 Å². The van der Waals surface area contributed by atoms with Crippen molar-refractivity contribution in [1.29, 1.82) is 0 Å². The number of ether oxygens (including phenoxy) is 1. The first-order valence-electron chi connectivity index (χ1n) is 6.93. The third-order valence-corrected chi connectivity index (χ3v) is 4.07. The van der Waals surface area contributed by atoms with Gasteiger partial charge in [-0.25, -0.2) is 19.3 Å². The van der Waals surface area contributed by atoms with Crippen LogP contribution in [0.3, 0.4) is 0 Å². The number of imidazole rings is 1. The lowest BCUT2D eigenvalue weighted by Gasteiger charge is -2.29. The summed E-state index contributed by atoms with van der Waals surface area (Å²) in [4.78, 5) is 30.1. The summed E-state index contributed by atoms with van der Waals surface area (Å²) in [5.41, 5.74) is 1.62. The molecule has 2 heterocycles. The Kier molecular flexibility index (Phi) is 5.00. The second-order valence-corrected chi connectivity index (χ2v) is 6.86. The third-order valence-electron chi connectivity index (χ3n) is 3.61. The molecule has 10 heteroatoms. The second kappa shape index (κ2) is 6.52. The molecule has 0 aliphatic heterocycles. The zero-order chi connectivity index (χ0) is 18.1. The Morgan fingerprint density at radius 2 is 2.21 bits per heavy atom. The molecule has 0 saturated heterocycles. The fourth-order valence-corrected chi connectivity index (χ4v) is 2.52. The van der Waals surface area contributed by atoms with Crippen LogP contribution < -0.4 is 0 Å². The second-order valence-electron chi connectivity index (χ2n) is 5.27. The number of alkyl halides is 1. The number of aryl methyl sites for hydroxylation is 1. The van der Waals surface area contributed by atoms with Gasteiger partial charge in [0, 0.05) is 5.57 Å². The first kappa shape index (κ1) is 18.4. The molecule has 0 radical (unpaired) electrons. The summed E-state index contributed by atoms with van der Waals surface area (Å²) in [6, 6.07) is -0.663. The van der Waals surface area contributed by atoms with Crippen molar-refractivity contribution in [3.05, 3.63) is 43.2 Å². The molecule has 2 rings (SSSR count). The van der Waals surface area contributed by atoms with Gasteiger partial charge < -0.3 is 19.1 Å². The topological polar surface area (TPSA) is 110 Å². The van der Waals surface area contributed by atoms with Crippen LogP contribution >= 0.6 is 7.60 Å². The molecule has 130 valence electrons. The molecule has 0 bridgehead atoms. The highest BCUT2D eigenvalue weighted by molar-refractivity contribution is 7.51. The summed E-state index contributed by atoms with van der Waals surface area (Å²) in [7, 11) is -4.54. The van der Waals surface area contributed by atoms with Crippen LogP contribution in [0.5, 0.6) is 0 Å². The van der Waals surface area contributed by atoms with Crippen LogP contribution in [-0.2, 0) is 9.30 Å². The summed E-state index contributed by atoms with van der Waals surface area (Å²) in [6.45, 7) is 10.4. The molecular formula is C14H18FN4O4P. The molecule has 0 aromatic carbocycles. The van der Waals surface area contributed by atoms with E-state index < -0.39 is 25.8 Å². The van der Waals surface area contributed by atoms with E-state index in [-0.39, 0.29) is 5.57 Å². The SMILES string of the molecule is C=C[C@@](F)(OCP(=O)(O)O)C(=C)[C@@H](C)n1cnc2c(C)ncnc21. The van der Waals surface area contributed by atoms with E-state index in [0.717, 1.165) is 6.08 Å². The summed E-state index contributed by atoms with van der Waals surface area (Å²) < 4.78 is 32.2. The van der Waals surface area contributed by atoms with Crippen LogP contribution in [0.1, 0.15) is 18.7 Å². The number of rotatable bonds is 7. The van der Waals surface area contributed by atoms with Gasteiger partial charge in [-0.15, -0.1) is 0 Å². The van der Waals surface area contributed by atoms with Crippen molar-refractivity contribution in [3.8, 4) is 0 Å². The van der Waals surface area contributed by atoms with Crippen LogP contribution in [0.25, 0.3) is 11.2 Å². The highest BCUT2D eigenvalue weighted by atomic mass is 31.2. The van der Waals surface area contributed by atoms with E-state index in [1.165, 1.54) is 12.7 Å². The van der Waals surface area contributed by atoms with Crippen LogP contribution in [0, 0.1) is 6.92 Å². The van der Waals surface area contributed by atoms with Crippen molar-refractivity contribution in [2.45, 2.75) is 25.7 Å². The van der Waals surface area contributed by atoms with Crippen LogP contribution in [-0.4, -0.2) is 41.5 Å². The number of hydrogen-bond donors (Lipinski definition) is 2. The predicted molar refractivity (Wildman–Crippen MR) is 85.9 cm³/mol. The summed E-state index contributed by atoms with van der Waals surface area (Å²) in [5, 5.41) is 0. The van der Waals surface area contributed by atoms with Crippen molar-refractivity contribution >= 4 is 18.8 Å². The molecule has 0 unspecified atom stereocenters. The first-order chi connectivity index (χ1) is 11.1. The molecule has 0 amide bonds. The van der Waals surface area contributed by atoms with E-state index >= 15 is 0 Å². The molecule has 0 aliphatic rings. The predicted octanol–water partition coefficient (Wildman–Crippen LogP) is 2.26. The Labute approximate surface area is 137 Å². The van der Waals surface area contributed by atoms with Gasteiger partial charge in [0.05, 0.1) is 18.1 Å². The molecule has 2 N–H and O–H groups in total. The Morgan fingerprint density at radius 1 is 1.54 bits per heavy atom. The van der Waals surface area contributed by atoms with Gasteiger partial charge in [0.2, 0.25) is 0 Å². The molecule has 0 saturated carbocycles. The average Bonchev–Trinajstić information content (AvgIpc) is 2.96. The fraction of sp³-hybridized carbons (Fsp3) is 0.357. The number of aromatic nitrogens is 4. The molecular weight excluding hydrogens is 338 g/mol. The minimum atomic E-state index is -4.54. The zero-order valence-electron chi connectivity index (χ0n) is 13.3. The monoisotopic (exact) mass is 356 g/mol. The quantitative estimate of drug-likeness (QED) is 0.578. The Balaban J connectivity index is 2.34. The van der Waals surface area contributed by atoms with Gasteiger partial charge in [0.15, 0.2) is 12.0 Å². The number of nitrogens with zero attached hydrogens (tertiary/aromatic N) is 4. The van der Waals surface area contributed by atoms with Gasteiger partial charge in [0.25, 0.3) is 5.85 Å². The smallest absolute Gasteiger partial charge is 0.326 e.